The third-order valence-electron chi connectivity index (χ3n) is 2.94. The van der Waals surface area contributed by atoms with Crippen LogP contribution in [-0.2, 0) is 0 Å². The molecular formula is C11H16N4O. The van der Waals surface area contributed by atoms with Crippen LogP contribution in [0.4, 0.5) is 0 Å². The van der Waals surface area contributed by atoms with E-state index in [1.165, 1.54) is 12.4 Å². The Labute approximate surface area is 94.7 Å². The highest BCUT2D eigenvalue weighted by Gasteiger charge is 2.23. The zero-order valence-corrected chi connectivity index (χ0v) is 9.31. The summed E-state index contributed by atoms with van der Waals surface area (Å²) >= 11 is 0. The van der Waals surface area contributed by atoms with Gasteiger partial charge in [-0.25, -0.2) is 4.98 Å². The van der Waals surface area contributed by atoms with E-state index in [1.807, 2.05) is 0 Å². The molecule has 16 heavy (non-hydrogen) atoms. The highest BCUT2D eigenvalue weighted by atomic mass is 16.1. The Bertz CT molecular complexity index is 354. The van der Waals surface area contributed by atoms with E-state index in [1.54, 1.807) is 6.20 Å². The van der Waals surface area contributed by atoms with Crippen LogP contribution in [0.25, 0.3) is 0 Å². The Morgan fingerprint density at radius 1 is 1.56 bits per heavy atom. The fourth-order valence-corrected chi connectivity index (χ4v) is 1.84. The highest BCUT2D eigenvalue weighted by Crippen LogP contribution is 2.11. The number of piperidine rings is 1. The molecule has 1 amide bonds. The van der Waals surface area contributed by atoms with Gasteiger partial charge in [-0.3, -0.25) is 9.78 Å². The molecule has 0 spiro atoms. The number of rotatable bonds is 2. The summed E-state index contributed by atoms with van der Waals surface area (Å²) in [5.41, 5.74) is 0.375. The molecule has 0 saturated carbocycles. The lowest BCUT2D eigenvalue weighted by Crippen LogP contribution is -2.50. The van der Waals surface area contributed by atoms with Gasteiger partial charge in [0.25, 0.3) is 5.91 Å². The molecule has 2 heterocycles. The first-order valence-electron chi connectivity index (χ1n) is 5.55. The second-order valence-electron chi connectivity index (χ2n) is 4.14. The SMILES string of the molecule is CC1CCNCC1NC(=O)c1cnccn1. The summed E-state index contributed by atoms with van der Waals surface area (Å²) in [6, 6.07) is 0.184. The number of aromatic nitrogens is 2. The lowest BCUT2D eigenvalue weighted by Gasteiger charge is -2.30. The fourth-order valence-electron chi connectivity index (χ4n) is 1.84. The molecule has 1 fully saturated rings. The van der Waals surface area contributed by atoms with Gasteiger partial charge in [0.05, 0.1) is 6.20 Å². The smallest absolute Gasteiger partial charge is 0.271 e. The summed E-state index contributed by atoms with van der Waals surface area (Å²) in [7, 11) is 0. The maximum Gasteiger partial charge on any atom is 0.271 e. The molecule has 2 unspecified atom stereocenters. The van der Waals surface area contributed by atoms with Crippen molar-refractivity contribution in [1.29, 1.82) is 0 Å². The first-order valence-corrected chi connectivity index (χ1v) is 5.55. The third-order valence-corrected chi connectivity index (χ3v) is 2.94. The van der Waals surface area contributed by atoms with Crippen LogP contribution in [0.15, 0.2) is 18.6 Å². The molecule has 86 valence electrons. The van der Waals surface area contributed by atoms with Crippen molar-refractivity contribution in [2.75, 3.05) is 13.1 Å². The van der Waals surface area contributed by atoms with E-state index >= 15 is 0 Å². The minimum atomic E-state index is -0.145. The number of carbonyl (C=O) groups excluding carboxylic acids is 1. The Morgan fingerprint density at radius 2 is 2.44 bits per heavy atom. The van der Waals surface area contributed by atoms with Crippen LogP contribution in [0.5, 0.6) is 0 Å². The second-order valence-corrected chi connectivity index (χ2v) is 4.14. The minimum Gasteiger partial charge on any atom is -0.346 e. The Hall–Kier alpha value is -1.49. The predicted octanol–water partition coefficient (Wildman–Crippen LogP) is 0.204. The van der Waals surface area contributed by atoms with Crippen molar-refractivity contribution >= 4 is 5.91 Å². The summed E-state index contributed by atoms with van der Waals surface area (Å²) in [5, 5.41) is 6.25. The summed E-state index contributed by atoms with van der Waals surface area (Å²) in [6.07, 6.45) is 5.65. The van der Waals surface area contributed by atoms with Crippen LogP contribution in [0.1, 0.15) is 23.8 Å². The summed E-state index contributed by atoms with van der Waals surface area (Å²) in [6.45, 7) is 4.01. The molecule has 2 rings (SSSR count). The van der Waals surface area contributed by atoms with E-state index < -0.39 is 0 Å². The van der Waals surface area contributed by atoms with Gasteiger partial charge in [-0.2, -0.15) is 0 Å². The van der Waals surface area contributed by atoms with E-state index in [0.29, 0.717) is 11.6 Å². The number of nitrogens with zero attached hydrogens (tertiary/aromatic N) is 2. The van der Waals surface area contributed by atoms with Gasteiger partial charge in [0, 0.05) is 25.0 Å². The van der Waals surface area contributed by atoms with Crippen molar-refractivity contribution in [2.45, 2.75) is 19.4 Å². The number of nitrogens with one attached hydrogen (secondary N) is 2. The van der Waals surface area contributed by atoms with E-state index in [-0.39, 0.29) is 11.9 Å². The molecule has 1 saturated heterocycles. The van der Waals surface area contributed by atoms with Gasteiger partial charge in [-0.15, -0.1) is 0 Å². The van der Waals surface area contributed by atoms with E-state index in [0.717, 1.165) is 19.5 Å². The molecule has 0 radical (unpaired) electrons. The van der Waals surface area contributed by atoms with Gasteiger partial charge in [0.2, 0.25) is 0 Å². The van der Waals surface area contributed by atoms with Crippen molar-refractivity contribution in [3.05, 3.63) is 24.3 Å². The van der Waals surface area contributed by atoms with Crippen LogP contribution >= 0.6 is 0 Å². The van der Waals surface area contributed by atoms with Gasteiger partial charge in [-0.1, -0.05) is 6.92 Å². The molecule has 0 aliphatic carbocycles. The normalized spacial score (nSPS) is 25.1. The van der Waals surface area contributed by atoms with Gasteiger partial charge in [0.15, 0.2) is 0 Å². The van der Waals surface area contributed by atoms with Crippen molar-refractivity contribution in [2.24, 2.45) is 5.92 Å². The molecule has 0 bridgehead atoms. The van der Waals surface area contributed by atoms with E-state index in [9.17, 15) is 4.79 Å². The quantitative estimate of drug-likeness (QED) is 0.747. The van der Waals surface area contributed by atoms with Crippen LogP contribution in [0.3, 0.4) is 0 Å². The van der Waals surface area contributed by atoms with Crippen molar-refractivity contribution in [3.8, 4) is 0 Å². The second kappa shape index (κ2) is 5.03. The Kier molecular flexibility index (Phi) is 3.46. The minimum absolute atomic E-state index is 0.145. The largest absolute Gasteiger partial charge is 0.346 e. The van der Waals surface area contributed by atoms with Crippen molar-refractivity contribution < 1.29 is 4.79 Å². The molecule has 5 nitrogen and oxygen atoms in total. The molecule has 5 heteroatoms. The van der Waals surface area contributed by atoms with Gasteiger partial charge in [0.1, 0.15) is 5.69 Å². The maximum atomic E-state index is 11.8. The van der Waals surface area contributed by atoms with Gasteiger partial charge >= 0.3 is 0 Å². The molecule has 2 atom stereocenters. The maximum absolute atomic E-state index is 11.8. The highest BCUT2D eigenvalue weighted by molar-refractivity contribution is 5.92. The average Bonchev–Trinajstić information content (AvgIpc) is 2.33. The van der Waals surface area contributed by atoms with Crippen LogP contribution in [0.2, 0.25) is 0 Å². The predicted molar refractivity (Wildman–Crippen MR) is 59.9 cm³/mol. The lowest BCUT2D eigenvalue weighted by atomic mass is 9.95. The van der Waals surface area contributed by atoms with E-state index in [4.69, 9.17) is 0 Å². The number of hydrogen-bond donors (Lipinski definition) is 2. The molecular weight excluding hydrogens is 204 g/mol. The molecule has 0 aromatic carbocycles. The molecule has 1 aliphatic heterocycles. The molecule has 1 aliphatic rings. The number of hydrogen-bond acceptors (Lipinski definition) is 4. The third kappa shape index (κ3) is 2.55. The van der Waals surface area contributed by atoms with Crippen LogP contribution in [-0.4, -0.2) is 35.0 Å². The molecule has 1 aromatic heterocycles. The molecule has 2 N–H and O–H groups in total. The number of carbonyl (C=O) groups is 1. The van der Waals surface area contributed by atoms with E-state index in [2.05, 4.69) is 27.5 Å². The topological polar surface area (TPSA) is 66.9 Å². The summed E-state index contributed by atoms with van der Waals surface area (Å²) in [4.78, 5) is 19.7. The molecule has 1 aromatic rings. The van der Waals surface area contributed by atoms with Crippen LogP contribution in [0, 0.1) is 5.92 Å². The summed E-state index contributed by atoms with van der Waals surface area (Å²) in [5.74, 6) is 0.357. The first-order chi connectivity index (χ1) is 7.77. The standard InChI is InChI=1S/C11H16N4O/c1-8-2-3-12-6-9(8)15-11(16)10-7-13-4-5-14-10/h4-5,7-9,12H,2-3,6H2,1H3,(H,15,16). The Morgan fingerprint density at radius 3 is 3.12 bits per heavy atom. The van der Waals surface area contributed by atoms with Gasteiger partial charge in [-0.05, 0) is 18.9 Å². The zero-order chi connectivity index (χ0) is 11.4. The lowest BCUT2D eigenvalue weighted by molar-refractivity contribution is 0.0909. The van der Waals surface area contributed by atoms with Crippen LogP contribution < -0.4 is 10.6 Å². The zero-order valence-electron chi connectivity index (χ0n) is 9.31. The van der Waals surface area contributed by atoms with Gasteiger partial charge < -0.3 is 10.6 Å². The monoisotopic (exact) mass is 220 g/mol. The number of amides is 1. The Balaban J connectivity index is 1.96. The summed E-state index contributed by atoms with van der Waals surface area (Å²) < 4.78 is 0. The van der Waals surface area contributed by atoms with Crippen molar-refractivity contribution in [1.82, 2.24) is 20.6 Å². The van der Waals surface area contributed by atoms with Crippen molar-refractivity contribution in [3.63, 3.8) is 0 Å². The fraction of sp³-hybridized carbons (Fsp3) is 0.545. The first kappa shape index (κ1) is 11.0. The average molecular weight is 220 g/mol.